The normalized spacial score (nSPS) is 11.3. The highest BCUT2D eigenvalue weighted by Gasteiger charge is 2.05. The van der Waals surface area contributed by atoms with Crippen molar-refractivity contribution in [3.05, 3.63) is 34.9 Å². The summed E-state index contributed by atoms with van der Waals surface area (Å²) in [6.07, 6.45) is 2.00. The van der Waals surface area contributed by atoms with E-state index in [1.807, 2.05) is 0 Å². The van der Waals surface area contributed by atoms with Crippen molar-refractivity contribution in [2.45, 2.75) is 19.8 Å². The Labute approximate surface area is 106 Å². The van der Waals surface area contributed by atoms with Crippen LogP contribution in [0.5, 0.6) is 0 Å². The quantitative estimate of drug-likeness (QED) is 0.491. The van der Waals surface area contributed by atoms with Crippen molar-refractivity contribution in [2.24, 2.45) is 10.7 Å². The predicted octanol–water partition coefficient (Wildman–Crippen LogP) is 2.18. The Kier molecular flexibility index (Phi) is 5.49. The average Bonchev–Trinajstić information content (AvgIpc) is 2.30. The molecule has 4 nitrogen and oxygen atoms in total. The smallest absolute Gasteiger partial charge is 0.257 e. The van der Waals surface area contributed by atoms with Gasteiger partial charge in [0.1, 0.15) is 0 Å². The lowest BCUT2D eigenvalue weighted by Crippen LogP contribution is -2.36. The lowest BCUT2D eigenvalue weighted by atomic mass is 10.2. The highest BCUT2D eigenvalue weighted by molar-refractivity contribution is 6.30. The second-order valence-electron chi connectivity index (χ2n) is 3.58. The SMILES string of the molecule is CCCCN=C(N)NC(=O)c1ccc(Cl)cc1. The number of unbranched alkanes of at least 4 members (excludes halogenated alkanes) is 1. The molecule has 1 aromatic rings. The number of hydrogen-bond donors (Lipinski definition) is 2. The summed E-state index contributed by atoms with van der Waals surface area (Å²) in [6, 6.07) is 6.58. The molecule has 0 saturated heterocycles. The number of guanidine groups is 1. The molecule has 0 aliphatic rings. The molecule has 0 bridgehead atoms. The van der Waals surface area contributed by atoms with E-state index >= 15 is 0 Å². The van der Waals surface area contributed by atoms with Crippen molar-refractivity contribution in [1.82, 2.24) is 5.32 Å². The van der Waals surface area contributed by atoms with E-state index in [1.165, 1.54) is 0 Å². The van der Waals surface area contributed by atoms with Gasteiger partial charge in [-0.15, -0.1) is 0 Å². The summed E-state index contributed by atoms with van der Waals surface area (Å²) in [6.45, 7) is 2.70. The third-order valence-electron chi connectivity index (χ3n) is 2.14. The molecule has 0 spiro atoms. The van der Waals surface area contributed by atoms with E-state index in [2.05, 4.69) is 17.2 Å². The highest BCUT2D eigenvalue weighted by atomic mass is 35.5. The molecule has 0 unspecified atom stereocenters. The zero-order valence-electron chi connectivity index (χ0n) is 9.74. The molecule has 0 heterocycles. The standard InChI is InChI=1S/C12H16ClN3O/c1-2-3-8-15-12(14)16-11(17)9-4-6-10(13)7-5-9/h4-7H,2-3,8H2,1H3,(H3,14,15,16,17). The third-order valence-corrected chi connectivity index (χ3v) is 2.39. The molecule has 1 rings (SSSR count). The van der Waals surface area contributed by atoms with Crippen molar-refractivity contribution in [3.8, 4) is 0 Å². The first kappa shape index (κ1) is 13.5. The van der Waals surface area contributed by atoms with Crippen molar-refractivity contribution in [3.63, 3.8) is 0 Å². The van der Waals surface area contributed by atoms with Gasteiger partial charge < -0.3 is 5.73 Å². The van der Waals surface area contributed by atoms with Crippen molar-refractivity contribution in [2.75, 3.05) is 6.54 Å². The summed E-state index contributed by atoms with van der Waals surface area (Å²) in [5, 5.41) is 3.11. The van der Waals surface area contributed by atoms with Crippen LogP contribution in [0.2, 0.25) is 5.02 Å². The monoisotopic (exact) mass is 253 g/mol. The summed E-state index contributed by atoms with van der Waals surface area (Å²) in [5.41, 5.74) is 6.08. The lowest BCUT2D eigenvalue weighted by molar-refractivity contribution is 0.0976. The van der Waals surface area contributed by atoms with Crippen LogP contribution in [0.3, 0.4) is 0 Å². The fraction of sp³-hybridized carbons (Fsp3) is 0.333. The second kappa shape index (κ2) is 6.91. The van der Waals surface area contributed by atoms with Crippen LogP contribution in [0.15, 0.2) is 29.3 Å². The maximum absolute atomic E-state index is 11.7. The Balaban J connectivity index is 2.54. The predicted molar refractivity (Wildman–Crippen MR) is 70.3 cm³/mol. The van der Waals surface area contributed by atoms with Gasteiger partial charge >= 0.3 is 0 Å². The van der Waals surface area contributed by atoms with Gasteiger partial charge in [0.15, 0.2) is 5.96 Å². The van der Waals surface area contributed by atoms with Crippen LogP contribution < -0.4 is 11.1 Å². The molecule has 17 heavy (non-hydrogen) atoms. The van der Waals surface area contributed by atoms with E-state index in [-0.39, 0.29) is 11.9 Å². The number of amides is 1. The first-order chi connectivity index (χ1) is 8.13. The Bertz CT molecular complexity index is 401. The molecular formula is C12H16ClN3O. The fourth-order valence-corrected chi connectivity index (χ4v) is 1.31. The summed E-state index contributed by atoms with van der Waals surface area (Å²) in [7, 11) is 0. The number of carbonyl (C=O) groups excluding carboxylic acids is 1. The number of nitrogens with two attached hydrogens (primary N) is 1. The third kappa shape index (κ3) is 4.87. The van der Waals surface area contributed by atoms with Gasteiger partial charge in [0.25, 0.3) is 5.91 Å². The van der Waals surface area contributed by atoms with E-state index in [0.717, 1.165) is 12.8 Å². The van der Waals surface area contributed by atoms with Crippen molar-refractivity contribution in [1.29, 1.82) is 0 Å². The summed E-state index contributed by atoms with van der Waals surface area (Å²) >= 11 is 5.73. The van der Waals surface area contributed by atoms with Gasteiger partial charge in [-0.05, 0) is 30.7 Å². The maximum Gasteiger partial charge on any atom is 0.257 e. The van der Waals surface area contributed by atoms with Crippen LogP contribution in [-0.4, -0.2) is 18.4 Å². The zero-order chi connectivity index (χ0) is 12.7. The Morgan fingerprint density at radius 3 is 2.65 bits per heavy atom. The van der Waals surface area contributed by atoms with E-state index < -0.39 is 0 Å². The Morgan fingerprint density at radius 2 is 2.06 bits per heavy atom. The molecule has 0 aliphatic carbocycles. The second-order valence-corrected chi connectivity index (χ2v) is 4.02. The zero-order valence-corrected chi connectivity index (χ0v) is 10.5. The number of benzene rings is 1. The molecule has 0 atom stereocenters. The molecule has 1 aromatic carbocycles. The Morgan fingerprint density at radius 1 is 1.41 bits per heavy atom. The van der Waals surface area contributed by atoms with Gasteiger partial charge in [0.2, 0.25) is 0 Å². The van der Waals surface area contributed by atoms with E-state index in [0.29, 0.717) is 17.1 Å². The summed E-state index contributed by atoms with van der Waals surface area (Å²) < 4.78 is 0. The first-order valence-electron chi connectivity index (χ1n) is 5.50. The number of carbonyl (C=O) groups is 1. The van der Waals surface area contributed by atoms with Crippen molar-refractivity contribution < 1.29 is 4.79 Å². The van der Waals surface area contributed by atoms with Crippen LogP contribution in [0.4, 0.5) is 0 Å². The van der Waals surface area contributed by atoms with Gasteiger partial charge in [-0.1, -0.05) is 24.9 Å². The number of aliphatic imine (C=N–C) groups is 1. The molecule has 0 radical (unpaired) electrons. The van der Waals surface area contributed by atoms with Gasteiger partial charge in [0, 0.05) is 17.1 Å². The van der Waals surface area contributed by atoms with Crippen LogP contribution in [-0.2, 0) is 0 Å². The number of hydrogen-bond acceptors (Lipinski definition) is 2. The minimum absolute atomic E-state index is 0.151. The van der Waals surface area contributed by atoms with Gasteiger partial charge in [-0.2, -0.15) is 0 Å². The molecule has 3 N–H and O–H groups in total. The largest absolute Gasteiger partial charge is 0.370 e. The van der Waals surface area contributed by atoms with E-state index in [4.69, 9.17) is 17.3 Å². The summed E-state index contributed by atoms with van der Waals surface area (Å²) in [4.78, 5) is 15.7. The van der Waals surface area contributed by atoms with Crippen LogP contribution in [0, 0.1) is 0 Å². The Hall–Kier alpha value is -1.55. The van der Waals surface area contributed by atoms with Crippen LogP contribution in [0.25, 0.3) is 0 Å². The number of rotatable bonds is 4. The topological polar surface area (TPSA) is 67.5 Å². The maximum atomic E-state index is 11.7. The average molecular weight is 254 g/mol. The molecule has 0 aromatic heterocycles. The number of nitrogens with zero attached hydrogens (tertiary/aromatic N) is 1. The van der Waals surface area contributed by atoms with E-state index in [1.54, 1.807) is 24.3 Å². The molecule has 0 aliphatic heterocycles. The minimum atomic E-state index is -0.278. The fourth-order valence-electron chi connectivity index (χ4n) is 1.19. The van der Waals surface area contributed by atoms with Crippen LogP contribution >= 0.6 is 11.6 Å². The minimum Gasteiger partial charge on any atom is -0.370 e. The molecule has 0 saturated carbocycles. The van der Waals surface area contributed by atoms with E-state index in [9.17, 15) is 4.79 Å². The van der Waals surface area contributed by atoms with Crippen LogP contribution in [0.1, 0.15) is 30.1 Å². The number of halogens is 1. The number of nitrogens with one attached hydrogen (secondary N) is 1. The van der Waals surface area contributed by atoms with Gasteiger partial charge in [-0.25, -0.2) is 0 Å². The first-order valence-corrected chi connectivity index (χ1v) is 5.88. The molecule has 92 valence electrons. The molecule has 5 heteroatoms. The highest BCUT2D eigenvalue weighted by Crippen LogP contribution is 2.09. The lowest BCUT2D eigenvalue weighted by Gasteiger charge is -2.04. The molecule has 0 fully saturated rings. The van der Waals surface area contributed by atoms with Gasteiger partial charge in [0.05, 0.1) is 0 Å². The van der Waals surface area contributed by atoms with Crippen molar-refractivity contribution >= 4 is 23.5 Å². The molecular weight excluding hydrogens is 238 g/mol. The summed E-state index contributed by atoms with van der Waals surface area (Å²) in [5.74, 6) is -0.127. The van der Waals surface area contributed by atoms with Gasteiger partial charge in [-0.3, -0.25) is 15.1 Å². The molecule has 1 amide bonds.